The number of esters is 2. The average Bonchev–Trinajstić information content (AvgIpc) is 4.07. The van der Waals surface area contributed by atoms with Crippen LogP contribution in [0.2, 0.25) is 0 Å². The minimum absolute atomic E-state index is 0.0175. The third kappa shape index (κ3) is 5.49. The van der Waals surface area contributed by atoms with Gasteiger partial charge in [0.25, 0.3) is 0 Å². The third-order valence-corrected chi connectivity index (χ3v) is 13.9. The number of epoxide rings is 3. The van der Waals surface area contributed by atoms with E-state index in [1.54, 1.807) is 45.0 Å². The van der Waals surface area contributed by atoms with E-state index in [4.69, 9.17) is 28.4 Å². The molecule has 7 aliphatic rings. The van der Waals surface area contributed by atoms with Crippen LogP contribution >= 0.6 is 0 Å². The molecule has 2 spiro atoms. The van der Waals surface area contributed by atoms with Gasteiger partial charge in [-0.25, -0.2) is 9.59 Å². The molecular weight excluding hydrogens is 718 g/mol. The summed E-state index contributed by atoms with van der Waals surface area (Å²) in [4.78, 5) is 55.0. The van der Waals surface area contributed by atoms with Crippen molar-refractivity contribution in [1.29, 1.82) is 0 Å². The number of rotatable bonds is 11. The first-order chi connectivity index (χ1) is 26.5. The highest BCUT2D eigenvalue weighted by atomic mass is 16.8. The monoisotopic (exact) mass is 769 g/mol. The Labute approximate surface area is 326 Å². The van der Waals surface area contributed by atoms with E-state index in [9.17, 15) is 24.3 Å². The van der Waals surface area contributed by atoms with E-state index in [-0.39, 0.29) is 73.5 Å². The standard InChI is InChI=1S/C44H51NO11/c1-23(2)42-34(54-42)35-44(55-35)41(6)17-16-28-29(22-51-37(28)49)30(41)21-33-43(44,53-33)38(42)52-36(48)26(18-25-12-14-27(46)15-13-25)20-32(47)31(19-24-10-8-7-9-11-24)45-39(50)56-40(3,4)5/h7-15,23,26,30-31,33-35,38,46H,16-22H2,1-6H3,(H,45,50)/t26-,30+,31+,33+,34+,35+,38-,41+,42+,43-,44-/m1/s1. The molecular formula is C44H51NO11. The molecule has 12 nitrogen and oxygen atoms in total. The number of alkyl carbamates (subject to hydrolysis) is 1. The number of phenols is 1. The number of aromatic hydroxyl groups is 1. The summed E-state index contributed by atoms with van der Waals surface area (Å²) in [6.07, 6.45) is -0.355. The SMILES string of the molecule is CC(C)[C@]12O[C@H]1[C@@H]1O[C@]13[C@]1(O[C@H]1C[C@H]1C4=C(CC[C@@]13C)C(=O)OC4)[C@@H]2OC(=O)[C@@H](CC(=O)[C@H](Cc1ccccc1)NC(=O)OC(C)(C)C)Cc1ccc(O)cc1. The number of carbonyl (C=O) groups is 4. The first-order valence-corrected chi connectivity index (χ1v) is 20.0. The van der Waals surface area contributed by atoms with E-state index in [2.05, 4.69) is 26.1 Å². The fraction of sp³-hybridized carbons (Fsp3) is 0.591. The molecule has 0 aromatic heterocycles. The van der Waals surface area contributed by atoms with Gasteiger partial charge < -0.3 is 38.8 Å². The van der Waals surface area contributed by atoms with Crippen molar-refractivity contribution in [3.8, 4) is 5.75 Å². The van der Waals surface area contributed by atoms with Crippen LogP contribution in [0.3, 0.4) is 0 Å². The van der Waals surface area contributed by atoms with Crippen molar-refractivity contribution in [3.05, 3.63) is 76.9 Å². The number of fused-ring (bicyclic) bond motifs is 4. The second-order valence-electron chi connectivity index (χ2n) is 18.4. The Balaban J connectivity index is 1.03. The maximum atomic E-state index is 14.9. The van der Waals surface area contributed by atoms with E-state index in [1.165, 1.54) is 0 Å². The molecule has 298 valence electrons. The number of carbonyl (C=O) groups excluding carboxylic acids is 4. The molecule has 2 aromatic carbocycles. The molecule has 56 heavy (non-hydrogen) atoms. The molecule has 5 fully saturated rings. The zero-order chi connectivity index (χ0) is 39.6. The molecule has 9 rings (SSSR count). The van der Waals surface area contributed by atoms with Gasteiger partial charge in [0.1, 0.15) is 41.4 Å². The number of hydrogen-bond acceptors (Lipinski definition) is 11. The van der Waals surface area contributed by atoms with E-state index < -0.39 is 57.9 Å². The van der Waals surface area contributed by atoms with Gasteiger partial charge in [-0.05, 0) is 93.5 Å². The Morgan fingerprint density at radius 3 is 2.38 bits per heavy atom. The van der Waals surface area contributed by atoms with E-state index in [0.717, 1.165) is 22.3 Å². The number of benzene rings is 2. The topological polar surface area (TPSA) is 166 Å². The van der Waals surface area contributed by atoms with Crippen molar-refractivity contribution < 1.29 is 52.7 Å². The largest absolute Gasteiger partial charge is 0.508 e. The van der Waals surface area contributed by atoms with Gasteiger partial charge in [-0.15, -0.1) is 0 Å². The summed E-state index contributed by atoms with van der Waals surface area (Å²) < 4.78 is 38.2. The first kappa shape index (κ1) is 37.3. The van der Waals surface area contributed by atoms with E-state index in [1.807, 2.05) is 30.3 Å². The minimum Gasteiger partial charge on any atom is -0.508 e. The zero-order valence-corrected chi connectivity index (χ0v) is 32.8. The molecule has 3 saturated heterocycles. The van der Waals surface area contributed by atoms with Crippen LogP contribution in [0.4, 0.5) is 4.79 Å². The normalized spacial score (nSPS) is 36.6. The molecule has 4 heterocycles. The summed E-state index contributed by atoms with van der Waals surface area (Å²) >= 11 is 0. The molecule has 3 aliphatic carbocycles. The maximum Gasteiger partial charge on any atom is 0.408 e. The van der Waals surface area contributed by atoms with Crippen LogP contribution in [0, 0.1) is 23.2 Å². The van der Waals surface area contributed by atoms with Crippen molar-refractivity contribution in [3.63, 3.8) is 0 Å². The molecule has 0 radical (unpaired) electrons. The summed E-state index contributed by atoms with van der Waals surface area (Å²) in [6.45, 7) is 11.9. The van der Waals surface area contributed by atoms with Crippen LogP contribution in [0.15, 0.2) is 65.7 Å². The van der Waals surface area contributed by atoms with Crippen molar-refractivity contribution >= 4 is 23.8 Å². The number of hydrogen-bond donors (Lipinski definition) is 2. The second-order valence-corrected chi connectivity index (χ2v) is 18.4. The Kier molecular flexibility index (Phi) is 8.41. The Hall–Kier alpha value is -4.26. The first-order valence-electron chi connectivity index (χ1n) is 20.0. The van der Waals surface area contributed by atoms with Crippen molar-refractivity contribution in [1.82, 2.24) is 5.32 Å². The maximum absolute atomic E-state index is 14.9. The van der Waals surface area contributed by atoms with E-state index >= 15 is 0 Å². The summed E-state index contributed by atoms with van der Waals surface area (Å²) in [6, 6.07) is 14.9. The lowest BCUT2D eigenvalue weighted by Crippen LogP contribution is -2.70. The number of ether oxygens (including phenoxy) is 6. The number of cyclic esters (lactones) is 1. The number of Topliss-reactive ketones (excluding diaryl/α,β-unsaturated/α-hetero) is 1. The summed E-state index contributed by atoms with van der Waals surface area (Å²) in [5, 5.41) is 12.8. The van der Waals surface area contributed by atoms with Gasteiger partial charge in [-0.2, -0.15) is 0 Å². The van der Waals surface area contributed by atoms with Gasteiger partial charge in [-0.1, -0.05) is 63.2 Å². The molecule has 0 bridgehead atoms. The summed E-state index contributed by atoms with van der Waals surface area (Å²) in [5.41, 5.74) is -0.414. The fourth-order valence-corrected chi connectivity index (χ4v) is 11.1. The lowest BCUT2D eigenvalue weighted by atomic mass is 9.46. The lowest BCUT2D eigenvalue weighted by molar-refractivity contribution is -0.174. The predicted octanol–water partition coefficient (Wildman–Crippen LogP) is 5.31. The van der Waals surface area contributed by atoms with Crippen LogP contribution in [0.5, 0.6) is 5.75 Å². The molecule has 12 heteroatoms. The number of ketones is 1. The minimum atomic E-state index is -0.985. The van der Waals surface area contributed by atoms with E-state index in [0.29, 0.717) is 19.3 Å². The highest BCUT2D eigenvalue weighted by Gasteiger charge is 3.01. The number of phenolic OH excluding ortho intramolecular Hbond substituents is 1. The van der Waals surface area contributed by atoms with Gasteiger partial charge in [0.05, 0.1) is 18.1 Å². The van der Waals surface area contributed by atoms with Gasteiger partial charge in [0.15, 0.2) is 17.5 Å². The van der Waals surface area contributed by atoms with Gasteiger partial charge in [0, 0.05) is 17.4 Å². The molecule has 2 aromatic rings. The molecule has 4 aliphatic heterocycles. The Morgan fingerprint density at radius 2 is 1.68 bits per heavy atom. The molecule has 2 N–H and O–H groups in total. The zero-order valence-electron chi connectivity index (χ0n) is 32.8. The molecule has 1 amide bonds. The Morgan fingerprint density at radius 1 is 0.964 bits per heavy atom. The van der Waals surface area contributed by atoms with Crippen LogP contribution in [-0.4, -0.2) is 88.4 Å². The molecule has 2 saturated carbocycles. The van der Waals surface area contributed by atoms with Crippen LogP contribution in [0.25, 0.3) is 0 Å². The van der Waals surface area contributed by atoms with Crippen molar-refractivity contribution in [2.75, 3.05) is 6.61 Å². The van der Waals surface area contributed by atoms with Gasteiger partial charge in [-0.3, -0.25) is 9.59 Å². The number of amides is 1. The van der Waals surface area contributed by atoms with Crippen LogP contribution < -0.4 is 5.32 Å². The van der Waals surface area contributed by atoms with Gasteiger partial charge in [0.2, 0.25) is 0 Å². The highest BCUT2D eigenvalue weighted by molar-refractivity contribution is 5.92. The molecule has 0 unspecified atom stereocenters. The van der Waals surface area contributed by atoms with Crippen LogP contribution in [-0.2, 0) is 55.6 Å². The number of nitrogens with one attached hydrogen (secondary N) is 1. The Bertz CT molecular complexity index is 2010. The summed E-state index contributed by atoms with van der Waals surface area (Å²) in [5.74, 6) is -2.07. The second kappa shape index (κ2) is 12.6. The van der Waals surface area contributed by atoms with Crippen LogP contribution in [0.1, 0.15) is 78.4 Å². The lowest BCUT2D eigenvalue weighted by Gasteiger charge is -2.53. The molecule has 11 atom stereocenters. The van der Waals surface area contributed by atoms with Crippen molar-refractivity contribution in [2.45, 2.75) is 133 Å². The quantitative estimate of drug-likeness (QED) is 0.173. The highest BCUT2D eigenvalue weighted by Crippen LogP contribution is 2.83. The average molecular weight is 770 g/mol. The van der Waals surface area contributed by atoms with Crippen molar-refractivity contribution in [2.24, 2.45) is 23.2 Å². The predicted molar refractivity (Wildman–Crippen MR) is 199 cm³/mol. The third-order valence-electron chi connectivity index (χ3n) is 13.9. The fourth-order valence-electron chi connectivity index (χ4n) is 11.1. The van der Waals surface area contributed by atoms with Gasteiger partial charge >= 0.3 is 18.0 Å². The smallest absolute Gasteiger partial charge is 0.408 e. The summed E-state index contributed by atoms with van der Waals surface area (Å²) in [7, 11) is 0.